The molecular weight excluding hydrogens is 200 g/mol. The van der Waals surface area contributed by atoms with Gasteiger partial charge in [0.15, 0.2) is 0 Å². The van der Waals surface area contributed by atoms with E-state index in [-0.39, 0.29) is 17.2 Å². The highest BCUT2D eigenvalue weighted by Gasteiger charge is 2.18. The van der Waals surface area contributed by atoms with Crippen LogP contribution < -0.4 is 10.6 Å². The van der Waals surface area contributed by atoms with Gasteiger partial charge in [-0.2, -0.15) is 0 Å². The molecule has 2 N–H and O–H groups in total. The van der Waals surface area contributed by atoms with E-state index in [9.17, 15) is 9.00 Å². The molecule has 82 valence electrons. The van der Waals surface area contributed by atoms with Crippen molar-refractivity contribution in [1.82, 2.24) is 10.6 Å². The summed E-state index contributed by atoms with van der Waals surface area (Å²) in [5, 5.41) is 6.10. The van der Waals surface area contributed by atoms with Crippen LogP contribution in [0.2, 0.25) is 0 Å². The molecule has 0 radical (unpaired) electrons. The molecule has 0 spiro atoms. The molecule has 0 aromatic carbocycles. The molecule has 0 aromatic rings. The maximum Gasteiger partial charge on any atom is 0.221 e. The Balaban J connectivity index is 2.11. The van der Waals surface area contributed by atoms with Gasteiger partial charge in [-0.25, -0.2) is 0 Å². The SMILES string of the molecule is CC(C)S(=O)CCC(=O)NC1CNC1. The predicted octanol–water partition coefficient (Wildman–Crippen LogP) is -0.378. The number of carbonyl (C=O) groups is 1. The normalized spacial score (nSPS) is 19.1. The van der Waals surface area contributed by atoms with Crippen molar-refractivity contribution in [2.45, 2.75) is 31.6 Å². The monoisotopic (exact) mass is 218 g/mol. The van der Waals surface area contributed by atoms with E-state index >= 15 is 0 Å². The Kier molecular flexibility index (Phi) is 4.54. The van der Waals surface area contributed by atoms with Crippen molar-refractivity contribution in [1.29, 1.82) is 0 Å². The van der Waals surface area contributed by atoms with Gasteiger partial charge in [-0.05, 0) is 0 Å². The highest BCUT2D eigenvalue weighted by atomic mass is 32.2. The predicted molar refractivity (Wildman–Crippen MR) is 57.6 cm³/mol. The molecule has 0 aliphatic carbocycles. The fourth-order valence-electron chi connectivity index (χ4n) is 1.12. The average Bonchev–Trinajstić information content (AvgIpc) is 2.07. The van der Waals surface area contributed by atoms with E-state index in [1.165, 1.54) is 0 Å². The Labute approximate surface area is 87.3 Å². The number of amides is 1. The lowest BCUT2D eigenvalue weighted by atomic mass is 10.2. The molecule has 0 bridgehead atoms. The van der Waals surface area contributed by atoms with Crippen LogP contribution in [0.5, 0.6) is 0 Å². The van der Waals surface area contributed by atoms with E-state index in [2.05, 4.69) is 10.6 Å². The maximum absolute atomic E-state index is 11.3. The minimum absolute atomic E-state index is 0.0190. The first-order chi connectivity index (χ1) is 6.59. The lowest BCUT2D eigenvalue weighted by molar-refractivity contribution is -0.121. The molecule has 1 atom stereocenters. The summed E-state index contributed by atoms with van der Waals surface area (Å²) in [4.78, 5) is 11.3. The zero-order valence-corrected chi connectivity index (χ0v) is 9.52. The molecule has 1 saturated heterocycles. The summed E-state index contributed by atoms with van der Waals surface area (Å²) in [5.41, 5.74) is 0. The first kappa shape index (κ1) is 11.7. The highest BCUT2D eigenvalue weighted by Crippen LogP contribution is 1.98. The van der Waals surface area contributed by atoms with Gasteiger partial charge in [0.25, 0.3) is 0 Å². The molecule has 1 aliphatic rings. The summed E-state index contributed by atoms with van der Waals surface area (Å²) in [6.45, 7) is 5.53. The van der Waals surface area contributed by atoms with Crippen LogP contribution in [0.15, 0.2) is 0 Å². The van der Waals surface area contributed by atoms with Gasteiger partial charge in [-0.1, -0.05) is 13.8 Å². The second kappa shape index (κ2) is 5.46. The summed E-state index contributed by atoms with van der Waals surface area (Å²) in [5.74, 6) is 0.495. The van der Waals surface area contributed by atoms with Crippen LogP contribution in [-0.2, 0) is 15.6 Å². The molecule has 5 heteroatoms. The smallest absolute Gasteiger partial charge is 0.221 e. The van der Waals surface area contributed by atoms with Crippen LogP contribution in [0.1, 0.15) is 20.3 Å². The standard InChI is InChI=1S/C9H18N2O2S/c1-7(2)14(13)4-3-9(12)11-8-5-10-6-8/h7-8,10H,3-6H2,1-2H3,(H,11,12). The molecule has 1 amide bonds. The number of hydrogen-bond acceptors (Lipinski definition) is 3. The van der Waals surface area contributed by atoms with Crippen molar-refractivity contribution >= 4 is 16.7 Å². The first-order valence-corrected chi connectivity index (χ1v) is 6.35. The lowest BCUT2D eigenvalue weighted by Crippen LogP contribution is -2.57. The van der Waals surface area contributed by atoms with Gasteiger partial charge in [0.05, 0.1) is 6.04 Å². The van der Waals surface area contributed by atoms with Crippen LogP contribution in [0.4, 0.5) is 0 Å². The topological polar surface area (TPSA) is 58.2 Å². The third-order valence-electron chi connectivity index (χ3n) is 2.20. The molecular formula is C9H18N2O2S. The van der Waals surface area contributed by atoms with Crippen molar-refractivity contribution in [2.75, 3.05) is 18.8 Å². The fourth-order valence-corrected chi connectivity index (χ4v) is 1.98. The van der Waals surface area contributed by atoms with E-state index < -0.39 is 10.8 Å². The summed E-state index contributed by atoms with van der Waals surface area (Å²) in [6.07, 6.45) is 0.376. The number of carbonyl (C=O) groups excluding carboxylic acids is 1. The Morgan fingerprint density at radius 2 is 2.21 bits per heavy atom. The Morgan fingerprint density at radius 3 is 2.64 bits per heavy atom. The minimum atomic E-state index is -0.868. The van der Waals surface area contributed by atoms with Crippen molar-refractivity contribution in [3.8, 4) is 0 Å². The Hall–Kier alpha value is -0.420. The lowest BCUT2D eigenvalue weighted by Gasteiger charge is -2.27. The summed E-state index contributed by atoms with van der Waals surface area (Å²) in [7, 11) is -0.868. The summed E-state index contributed by atoms with van der Waals surface area (Å²) >= 11 is 0. The first-order valence-electron chi connectivity index (χ1n) is 4.97. The largest absolute Gasteiger partial charge is 0.351 e. The number of rotatable bonds is 5. The molecule has 1 aliphatic heterocycles. The average molecular weight is 218 g/mol. The van der Waals surface area contributed by atoms with Gasteiger partial charge in [-0.15, -0.1) is 0 Å². The van der Waals surface area contributed by atoms with Gasteiger partial charge in [0, 0.05) is 41.3 Å². The van der Waals surface area contributed by atoms with E-state index in [4.69, 9.17) is 0 Å². The number of nitrogens with one attached hydrogen (secondary N) is 2. The van der Waals surface area contributed by atoms with Crippen LogP contribution in [0.25, 0.3) is 0 Å². The van der Waals surface area contributed by atoms with E-state index in [0.717, 1.165) is 13.1 Å². The van der Waals surface area contributed by atoms with Gasteiger partial charge >= 0.3 is 0 Å². The van der Waals surface area contributed by atoms with Gasteiger partial charge in [0.1, 0.15) is 0 Å². The van der Waals surface area contributed by atoms with Crippen LogP contribution in [0.3, 0.4) is 0 Å². The molecule has 1 rings (SSSR count). The van der Waals surface area contributed by atoms with Crippen molar-refractivity contribution in [3.05, 3.63) is 0 Å². The third kappa shape index (κ3) is 3.75. The van der Waals surface area contributed by atoms with Crippen LogP contribution in [0, 0.1) is 0 Å². The zero-order valence-electron chi connectivity index (χ0n) is 8.71. The van der Waals surface area contributed by atoms with Crippen molar-refractivity contribution in [3.63, 3.8) is 0 Å². The van der Waals surface area contributed by atoms with Crippen LogP contribution in [-0.4, -0.2) is 40.3 Å². The van der Waals surface area contributed by atoms with Gasteiger partial charge < -0.3 is 10.6 Å². The minimum Gasteiger partial charge on any atom is -0.351 e. The summed E-state index contributed by atoms with van der Waals surface area (Å²) < 4.78 is 11.3. The second-order valence-electron chi connectivity index (χ2n) is 3.81. The fraction of sp³-hybridized carbons (Fsp3) is 0.889. The molecule has 14 heavy (non-hydrogen) atoms. The summed E-state index contributed by atoms with van der Waals surface area (Å²) in [6, 6.07) is 0.287. The quantitative estimate of drug-likeness (QED) is 0.661. The molecule has 1 unspecified atom stereocenters. The molecule has 0 saturated carbocycles. The van der Waals surface area contributed by atoms with Crippen molar-refractivity contribution in [2.24, 2.45) is 0 Å². The molecule has 1 heterocycles. The van der Waals surface area contributed by atoms with Gasteiger partial charge in [-0.3, -0.25) is 9.00 Å². The van der Waals surface area contributed by atoms with Crippen molar-refractivity contribution < 1.29 is 9.00 Å². The van der Waals surface area contributed by atoms with Gasteiger partial charge in [0.2, 0.25) is 5.91 Å². The van der Waals surface area contributed by atoms with E-state index in [0.29, 0.717) is 12.2 Å². The molecule has 1 fully saturated rings. The van der Waals surface area contributed by atoms with Crippen LogP contribution >= 0.6 is 0 Å². The zero-order chi connectivity index (χ0) is 10.6. The van der Waals surface area contributed by atoms with E-state index in [1.54, 1.807) is 0 Å². The maximum atomic E-state index is 11.3. The van der Waals surface area contributed by atoms with E-state index in [1.807, 2.05) is 13.8 Å². The molecule has 0 aromatic heterocycles. The highest BCUT2D eigenvalue weighted by molar-refractivity contribution is 7.85. The third-order valence-corrected chi connectivity index (χ3v) is 3.86. The molecule has 4 nitrogen and oxygen atoms in total. The Morgan fingerprint density at radius 1 is 1.57 bits per heavy atom. The number of hydrogen-bond donors (Lipinski definition) is 2. The Bertz CT molecular complexity index is 227. The second-order valence-corrected chi connectivity index (χ2v) is 5.92.